The van der Waals surface area contributed by atoms with Gasteiger partial charge in [0.2, 0.25) is 5.69 Å². The Balaban J connectivity index is 2.00. The molecule has 0 unspecified atom stereocenters. The maximum atomic E-state index is 11.5. The van der Waals surface area contributed by atoms with Crippen LogP contribution in [0.5, 0.6) is 0 Å². The fourth-order valence-corrected chi connectivity index (χ4v) is 2.80. The molecule has 1 N–H and O–H groups in total. The third-order valence-electron chi connectivity index (χ3n) is 3.95. The summed E-state index contributed by atoms with van der Waals surface area (Å²) in [5.41, 5.74) is 0.540. The van der Waals surface area contributed by atoms with E-state index in [4.69, 9.17) is 11.6 Å². The zero-order valence-corrected chi connectivity index (χ0v) is 13.0. The summed E-state index contributed by atoms with van der Waals surface area (Å²) < 4.78 is 0. The van der Waals surface area contributed by atoms with Gasteiger partial charge in [0, 0.05) is 13.1 Å². The Morgan fingerprint density at radius 3 is 2.59 bits per heavy atom. The SMILES string of the molecule is CC1CCN(c2nn(-c3ccccc3Cl)nc2C(=O)O)CC1. The minimum Gasteiger partial charge on any atom is -0.476 e. The molecule has 1 aliphatic heterocycles. The summed E-state index contributed by atoms with van der Waals surface area (Å²) in [4.78, 5) is 14.8. The molecule has 0 saturated carbocycles. The molecule has 1 aromatic carbocycles. The van der Waals surface area contributed by atoms with Crippen LogP contribution in [0.1, 0.15) is 30.3 Å². The average molecular weight is 321 g/mol. The highest BCUT2D eigenvalue weighted by molar-refractivity contribution is 6.32. The second kappa shape index (κ2) is 5.96. The Bertz CT molecular complexity index is 693. The highest BCUT2D eigenvalue weighted by atomic mass is 35.5. The number of nitrogens with zero attached hydrogens (tertiary/aromatic N) is 4. The third kappa shape index (κ3) is 2.78. The van der Waals surface area contributed by atoms with E-state index >= 15 is 0 Å². The van der Waals surface area contributed by atoms with E-state index in [1.54, 1.807) is 18.2 Å². The molecular weight excluding hydrogens is 304 g/mol. The molecule has 116 valence electrons. The van der Waals surface area contributed by atoms with Gasteiger partial charge in [-0.2, -0.15) is 0 Å². The largest absolute Gasteiger partial charge is 0.476 e. The van der Waals surface area contributed by atoms with E-state index in [-0.39, 0.29) is 5.69 Å². The number of rotatable bonds is 3. The number of halogens is 1. The normalized spacial score (nSPS) is 16.0. The van der Waals surface area contributed by atoms with Gasteiger partial charge in [0.25, 0.3) is 0 Å². The lowest BCUT2D eigenvalue weighted by atomic mass is 9.99. The number of anilines is 1. The molecule has 2 heterocycles. The van der Waals surface area contributed by atoms with E-state index in [9.17, 15) is 9.90 Å². The molecule has 3 rings (SSSR count). The first-order valence-corrected chi connectivity index (χ1v) is 7.64. The van der Waals surface area contributed by atoms with Gasteiger partial charge in [-0.15, -0.1) is 15.0 Å². The molecule has 6 nitrogen and oxygen atoms in total. The van der Waals surface area contributed by atoms with Crippen molar-refractivity contribution in [3.8, 4) is 5.69 Å². The van der Waals surface area contributed by atoms with Crippen molar-refractivity contribution in [1.29, 1.82) is 0 Å². The second-order valence-electron chi connectivity index (χ2n) is 5.59. The maximum Gasteiger partial charge on any atom is 0.360 e. The van der Waals surface area contributed by atoms with E-state index in [2.05, 4.69) is 17.1 Å². The van der Waals surface area contributed by atoms with Crippen molar-refractivity contribution in [1.82, 2.24) is 15.0 Å². The van der Waals surface area contributed by atoms with Gasteiger partial charge in [-0.05, 0) is 30.9 Å². The summed E-state index contributed by atoms with van der Waals surface area (Å²) >= 11 is 6.14. The van der Waals surface area contributed by atoms with Crippen molar-refractivity contribution < 1.29 is 9.90 Å². The lowest BCUT2D eigenvalue weighted by Gasteiger charge is -2.30. The standard InChI is InChI=1S/C15H17ClN4O2/c1-10-6-8-19(9-7-10)14-13(15(21)22)17-20(18-14)12-5-3-2-4-11(12)16/h2-5,10H,6-9H2,1H3,(H,21,22). The van der Waals surface area contributed by atoms with Crippen LogP contribution < -0.4 is 4.90 Å². The zero-order valence-electron chi connectivity index (χ0n) is 12.2. The summed E-state index contributed by atoms with van der Waals surface area (Å²) in [6, 6.07) is 7.10. The van der Waals surface area contributed by atoms with Crippen LogP contribution in [-0.4, -0.2) is 39.2 Å². The summed E-state index contributed by atoms with van der Waals surface area (Å²) in [6.45, 7) is 3.79. The lowest BCUT2D eigenvalue weighted by Crippen LogP contribution is -2.34. The fraction of sp³-hybridized carbons (Fsp3) is 0.400. The molecular formula is C15H17ClN4O2. The average Bonchev–Trinajstić information content (AvgIpc) is 2.93. The first-order valence-electron chi connectivity index (χ1n) is 7.26. The molecule has 7 heteroatoms. The Kier molecular flexibility index (Phi) is 4.02. The fourth-order valence-electron chi connectivity index (χ4n) is 2.59. The number of para-hydroxylation sites is 1. The van der Waals surface area contributed by atoms with Crippen molar-refractivity contribution in [2.75, 3.05) is 18.0 Å². The van der Waals surface area contributed by atoms with E-state index in [1.807, 2.05) is 11.0 Å². The first kappa shape index (κ1) is 14.8. The van der Waals surface area contributed by atoms with Gasteiger partial charge in [0.15, 0.2) is 5.82 Å². The Labute approximate surface area is 133 Å². The second-order valence-corrected chi connectivity index (χ2v) is 5.99. The third-order valence-corrected chi connectivity index (χ3v) is 4.27. The number of benzene rings is 1. The molecule has 1 aliphatic rings. The van der Waals surface area contributed by atoms with Crippen LogP contribution in [0.4, 0.5) is 5.82 Å². The number of carboxylic acids is 1. The first-order chi connectivity index (χ1) is 10.6. The minimum atomic E-state index is -1.08. The number of carboxylic acid groups (broad SMARTS) is 1. The van der Waals surface area contributed by atoms with Crippen LogP contribution in [0, 0.1) is 5.92 Å². The van der Waals surface area contributed by atoms with Crippen LogP contribution in [0.2, 0.25) is 5.02 Å². The van der Waals surface area contributed by atoms with Crippen LogP contribution in [0.25, 0.3) is 5.69 Å². The number of carbonyl (C=O) groups is 1. The molecule has 2 aromatic rings. The summed E-state index contributed by atoms with van der Waals surface area (Å²) in [5.74, 6) is -0.00520. The Morgan fingerprint density at radius 1 is 1.27 bits per heavy atom. The highest BCUT2D eigenvalue weighted by Gasteiger charge is 2.26. The smallest absolute Gasteiger partial charge is 0.360 e. The van der Waals surface area contributed by atoms with E-state index in [0.717, 1.165) is 25.9 Å². The van der Waals surface area contributed by atoms with Gasteiger partial charge >= 0.3 is 5.97 Å². The maximum absolute atomic E-state index is 11.5. The molecule has 0 bridgehead atoms. The molecule has 0 aliphatic carbocycles. The summed E-state index contributed by atoms with van der Waals surface area (Å²) in [5, 5.41) is 18.4. The molecule has 1 fully saturated rings. The summed E-state index contributed by atoms with van der Waals surface area (Å²) in [7, 11) is 0. The molecule has 1 saturated heterocycles. The van der Waals surface area contributed by atoms with Crippen molar-refractivity contribution in [2.24, 2.45) is 5.92 Å². The van der Waals surface area contributed by atoms with Gasteiger partial charge in [-0.3, -0.25) is 0 Å². The molecule has 0 amide bonds. The van der Waals surface area contributed by atoms with Gasteiger partial charge in [-0.25, -0.2) is 4.79 Å². The quantitative estimate of drug-likeness (QED) is 0.941. The molecule has 0 spiro atoms. The van der Waals surface area contributed by atoms with E-state index in [1.165, 1.54) is 4.80 Å². The van der Waals surface area contributed by atoms with Gasteiger partial charge in [-0.1, -0.05) is 30.7 Å². The van der Waals surface area contributed by atoms with Gasteiger partial charge in [0.05, 0.1) is 5.02 Å². The Morgan fingerprint density at radius 2 is 1.95 bits per heavy atom. The van der Waals surface area contributed by atoms with Gasteiger partial charge in [0.1, 0.15) is 5.69 Å². The van der Waals surface area contributed by atoms with Crippen LogP contribution in [-0.2, 0) is 0 Å². The molecule has 22 heavy (non-hydrogen) atoms. The molecule has 1 aromatic heterocycles. The van der Waals surface area contributed by atoms with Crippen molar-refractivity contribution in [3.05, 3.63) is 35.0 Å². The predicted molar refractivity (Wildman–Crippen MR) is 83.9 cm³/mol. The van der Waals surface area contributed by atoms with Gasteiger partial charge < -0.3 is 10.0 Å². The van der Waals surface area contributed by atoms with E-state index in [0.29, 0.717) is 22.4 Å². The number of hydrogen-bond donors (Lipinski definition) is 1. The number of aromatic nitrogens is 3. The van der Waals surface area contributed by atoms with Crippen LogP contribution in [0.3, 0.4) is 0 Å². The number of hydrogen-bond acceptors (Lipinski definition) is 4. The number of aromatic carboxylic acids is 1. The van der Waals surface area contributed by atoms with E-state index < -0.39 is 5.97 Å². The molecule has 0 atom stereocenters. The highest BCUT2D eigenvalue weighted by Crippen LogP contribution is 2.26. The lowest BCUT2D eigenvalue weighted by molar-refractivity contribution is 0.0690. The zero-order chi connectivity index (χ0) is 15.7. The van der Waals surface area contributed by atoms with Crippen LogP contribution >= 0.6 is 11.6 Å². The van der Waals surface area contributed by atoms with Crippen molar-refractivity contribution >= 4 is 23.4 Å². The monoisotopic (exact) mass is 320 g/mol. The topological polar surface area (TPSA) is 71.2 Å². The van der Waals surface area contributed by atoms with Crippen molar-refractivity contribution in [3.63, 3.8) is 0 Å². The van der Waals surface area contributed by atoms with Crippen LogP contribution in [0.15, 0.2) is 24.3 Å². The summed E-state index contributed by atoms with van der Waals surface area (Å²) in [6.07, 6.45) is 2.05. The minimum absolute atomic E-state index is 0.0329. The number of piperidine rings is 1. The van der Waals surface area contributed by atoms with Crippen molar-refractivity contribution in [2.45, 2.75) is 19.8 Å². The predicted octanol–water partition coefficient (Wildman–Crippen LogP) is 2.86. The Hall–Kier alpha value is -2.08. The molecule has 0 radical (unpaired) electrons.